The average Bonchev–Trinajstić information content (AvgIpc) is 2.31. The van der Waals surface area contributed by atoms with Gasteiger partial charge in [-0.15, -0.1) is 0 Å². The van der Waals surface area contributed by atoms with E-state index in [4.69, 9.17) is 9.94 Å². The molecule has 0 aliphatic rings. The monoisotopic (exact) mass is 226 g/mol. The fourth-order valence-corrected chi connectivity index (χ4v) is 1.10. The minimum atomic E-state index is -0.375. The van der Waals surface area contributed by atoms with Crippen molar-refractivity contribution in [2.24, 2.45) is 10.3 Å². The molecule has 0 saturated carbocycles. The van der Waals surface area contributed by atoms with E-state index in [9.17, 15) is 4.39 Å². The van der Waals surface area contributed by atoms with Gasteiger partial charge in [0.15, 0.2) is 5.71 Å². The number of hydrogen-bond donors (Lipinski definition) is 1. The summed E-state index contributed by atoms with van der Waals surface area (Å²) in [5.74, 6) is -0.492. The van der Waals surface area contributed by atoms with Crippen LogP contribution in [0.1, 0.15) is 5.56 Å². The molecule has 86 valence electrons. The van der Waals surface area contributed by atoms with Gasteiger partial charge >= 0.3 is 0 Å². The van der Waals surface area contributed by atoms with E-state index in [2.05, 4.69) is 15.1 Å². The van der Waals surface area contributed by atoms with Crippen LogP contribution in [0, 0.1) is 5.82 Å². The quantitative estimate of drug-likeness (QED) is 0.368. The van der Waals surface area contributed by atoms with Crippen molar-refractivity contribution in [2.45, 2.75) is 0 Å². The third kappa shape index (κ3) is 2.69. The molecule has 0 aliphatic heterocycles. The maximum Gasteiger partial charge on any atom is 0.280 e. The molecule has 1 rings (SSSR count). The van der Waals surface area contributed by atoms with E-state index in [0.717, 1.165) is 0 Å². The number of nitrogens with zero attached hydrogens (tertiary/aromatic N) is 2. The Labute approximate surface area is 91.8 Å². The summed E-state index contributed by atoms with van der Waals surface area (Å²) in [7, 11) is 2.66. The van der Waals surface area contributed by atoms with E-state index >= 15 is 0 Å². The van der Waals surface area contributed by atoms with E-state index in [0.29, 0.717) is 5.56 Å². The lowest BCUT2D eigenvalue weighted by molar-refractivity contribution is 0.213. The van der Waals surface area contributed by atoms with Crippen molar-refractivity contribution in [2.75, 3.05) is 14.2 Å². The molecule has 6 heteroatoms. The van der Waals surface area contributed by atoms with Gasteiger partial charge in [0, 0.05) is 5.56 Å². The molecule has 0 radical (unpaired) electrons. The molecule has 1 aromatic carbocycles. The zero-order valence-corrected chi connectivity index (χ0v) is 8.85. The number of oxime groups is 2. The number of benzene rings is 1. The van der Waals surface area contributed by atoms with Gasteiger partial charge in [0.1, 0.15) is 12.9 Å². The van der Waals surface area contributed by atoms with E-state index in [1.807, 2.05) is 0 Å². The minimum absolute atomic E-state index is 0.117. The molecular formula is C10H11FN2O3. The first kappa shape index (κ1) is 12.0. The first-order valence-corrected chi connectivity index (χ1v) is 4.36. The van der Waals surface area contributed by atoms with E-state index in [1.54, 1.807) is 0 Å². The van der Waals surface area contributed by atoms with Crippen molar-refractivity contribution >= 4 is 11.6 Å². The van der Waals surface area contributed by atoms with Crippen molar-refractivity contribution in [1.29, 1.82) is 0 Å². The highest BCUT2D eigenvalue weighted by molar-refractivity contribution is 6.45. The van der Waals surface area contributed by atoms with Gasteiger partial charge in [-0.3, -0.25) is 0 Å². The topological polar surface area (TPSA) is 63.4 Å². The van der Waals surface area contributed by atoms with Crippen LogP contribution in [0.4, 0.5) is 4.39 Å². The second-order valence-corrected chi connectivity index (χ2v) is 2.74. The molecular weight excluding hydrogens is 215 g/mol. The van der Waals surface area contributed by atoms with Crippen molar-refractivity contribution in [3.8, 4) is 0 Å². The Morgan fingerprint density at radius 3 is 2.31 bits per heavy atom. The number of hydrogen-bond acceptors (Lipinski definition) is 5. The summed E-state index contributed by atoms with van der Waals surface area (Å²) in [5.41, 5.74) is 0.686. The van der Waals surface area contributed by atoms with Crippen molar-refractivity contribution < 1.29 is 19.2 Å². The maximum absolute atomic E-state index is 12.7. The number of rotatable bonds is 3. The van der Waals surface area contributed by atoms with Crippen molar-refractivity contribution in [3.63, 3.8) is 0 Å². The largest absolute Gasteiger partial charge is 0.477 e. The Kier molecular flexibility index (Phi) is 4.26. The van der Waals surface area contributed by atoms with Crippen LogP contribution >= 0.6 is 0 Å². The highest BCUT2D eigenvalue weighted by Gasteiger charge is 2.14. The average molecular weight is 226 g/mol. The highest BCUT2D eigenvalue weighted by atomic mass is 19.1. The molecule has 0 heterocycles. The van der Waals surface area contributed by atoms with E-state index < -0.39 is 0 Å². The Bertz CT molecular complexity index is 401. The maximum atomic E-state index is 12.7. The normalized spacial score (nSPS) is 12.4. The van der Waals surface area contributed by atoms with Crippen LogP contribution in [0.2, 0.25) is 0 Å². The van der Waals surface area contributed by atoms with Crippen LogP contribution in [0.25, 0.3) is 0 Å². The summed E-state index contributed by atoms with van der Waals surface area (Å²) in [6.07, 6.45) is 0. The predicted octanol–water partition coefficient (Wildman–Crippen LogP) is 1.61. The molecule has 0 spiro atoms. The van der Waals surface area contributed by atoms with E-state index in [1.165, 1.54) is 38.5 Å². The zero-order valence-electron chi connectivity index (χ0n) is 8.85. The molecule has 5 nitrogen and oxygen atoms in total. The molecule has 16 heavy (non-hydrogen) atoms. The van der Waals surface area contributed by atoms with E-state index in [-0.39, 0.29) is 17.4 Å². The van der Waals surface area contributed by atoms with Gasteiger partial charge < -0.3 is 14.8 Å². The van der Waals surface area contributed by atoms with Gasteiger partial charge in [-0.1, -0.05) is 5.16 Å². The number of ether oxygens (including phenoxy) is 1. The summed E-state index contributed by atoms with van der Waals surface area (Å²) in [5, 5.41) is 15.3. The SMILES string of the molecule is CO/N=C(/C(=N/O)OC)c1ccc(F)cc1. The van der Waals surface area contributed by atoms with Gasteiger partial charge in [0.2, 0.25) is 0 Å². The molecule has 0 amide bonds. The summed E-state index contributed by atoms with van der Waals surface area (Å²) in [6.45, 7) is 0. The van der Waals surface area contributed by atoms with Gasteiger partial charge in [0.25, 0.3) is 5.90 Å². The number of halogens is 1. The molecule has 0 saturated heterocycles. The Hall–Kier alpha value is -2.11. The molecule has 0 aromatic heterocycles. The van der Waals surface area contributed by atoms with Gasteiger partial charge in [-0.2, -0.15) is 0 Å². The second-order valence-electron chi connectivity index (χ2n) is 2.74. The lowest BCUT2D eigenvalue weighted by atomic mass is 10.1. The molecule has 1 N–H and O–H groups in total. The van der Waals surface area contributed by atoms with Crippen LogP contribution in [0.15, 0.2) is 34.6 Å². The van der Waals surface area contributed by atoms with Crippen molar-refractivity contribution in [3.05, 3.63) is 35.6 Å². The smallest absolute Gasteiger partial charge is 0.280 e. The molecule has 0 bridgehead atoms. The van der Waals surface area contributed by atoms with Crippen LogP contribution in [0.3, 0.4) is 0 Å². The van der Waals surface area contributed by atoms with Crippen molar-refractivity contribution in [1.82, 2.24) is 0 Å². The second kappa shape index (κ2) is 5.69. The van der Waals surface area contributed by atoms with Gasteiger partial charge in [-0.25, -0.2) is 4.39 Å². The fraction of sp³-hybridized carbons (Fsp3) is 0.200. The van der Waals surface area contributed by atoms with Crippen LogP contribution in [0.5, 0.6) is 0 Å². The predicted molar refractivity (Wildman–Crippen MR) is 56.2 cm³/mol. The fourth-order valence-electron chi connectivity index (χ4n) is 1.10. The van der Waals surface area contributed by atoms with Crippen LogP contribution < -0.4 is 0 Å². The van der Waals surface area contributed by atoms with Crippen LogP contribution in [-0.2, 0) is 9.57 Å². The first-order valence-electron chi connectivity index (χ1n) is 4.36. The molecule has 0 aliphatic carbocycles. The highest BCUT2D eigenvalue weighted by Crippen LogP contribution is 2.06. The summed E-state index contributed by atoms with van der Waals surface area (Å²) in [4.78, 5) is 4.60. The van der Waals surface area contributed by atoms with Gasteiger partial charge in [0.05, 0.1) is 7.11 Å². The summed E-state index contributed by atoms with van der Waals surface area (Å²) < 4.78 is 17.5. The van der Waals surface area contributed by atoms with Crippen LogP contribution in [-0.4, -0.2) is 31.0 Å². The first-order chi connectivity index (χ1) is 7.72. The van der Waals surface area contributed by atoms with Gasteiger partial charge in [-0.05, 0) is 29.4 Å². The third-order valence-electron chi connectivity index (χ3n) is 1.79. The Morgan fingerprint density at radius 2 is 1.88 bits per heavy atom. The summed E-state index contributed by atoms with van der Waals surface area (Å²) >= 11 is 0. The molecule has 0 atom stereocenters. The Morgan fingerprint density at radius 1 is 1.25 bits per heavy atom. The number of methoxy groups -OCH3 is 1. The molecule has 0 unspecified atom stereocenters. The molecule has 0 fully saturated rings. The zero-order chi connectivity index (χ0) is 12.0. The standard InChI is InChI=1S/C10H11FN2O3/c1-15-10(12-14)9(13-16-2)7-3-5-8(11)6-4-7/h3-6,14H,1-2H3/b12-10-,13-9+. The minimum Gasteiger partial charge on any atom is -0.477 e. The molecule has 1 aromatic rings. The summed E-state index contributed by atoms with van der Waals surface area (Å²) in [6, 6.07) is 5.45. The lowest BCUT2D eigenvalue weighted by Gasteiger charge is -2.06. The third-order valence-corrected chi connectivity index (χ3v) is 1.79. The Balaban J connectivity index is 3.13. The lowest BCUT2D eigenvalue weighted by Crippen LogP contribution is -2.18.